The highest BCUT2D eigenvalue weighted by Gasteiger charge is 2.38. The second-order valence-electron chi connectivity index (χ2n) is 5.68. The van der Waals surface area contributed by atoms with Gasteiger partial charge in [0.05, 0.1) is 36.1 Å². The first-order valence-electron chi connectivity index (χ1n) is 8.03. The van der Waals surface area contributed by atoms with Crippen LogP contribution >= 0.6 is 11.3 Å². The summed E-state index contributed by atoms with van der Waals surface area (Å²) in [5.74, 6) is -0.262. The van der Waals surface area contributed by atoms with Crippen molar-refractivity contribution in [3.8, 4) is 0 Å². The van der Waals surface area contributed by atoms with Gasteiger partial charge in [0, 0.05) is 25.1 Å². The number of carbonyl (C=O) groups is 2. The number of nitrogens with zero attached hydrogens (tertiary/aromatic N) is 5. The van der Waals surface area contributed by atoms with Gasteiger partial charge in [0.2, 0.25) is 0 Å². The van der Waals surface area contributed by atoms with Gasteiger partial charge in [0.15, 0.2) is 0 Å². The lowest BCUT2D eigenvalue weighted by Gasteiger charge is -2.10. The molecule has 2 aromatic rings. The number of hydrogen-bond donors (Lipinski definition) is 1. The van der Waals surface area contributed by atoms with Crippen LogP contribution in [0, 0.1) is 0 Å². The first-order valence-corrected chi connectivity index (χ1v) is 8.91. The number of aromatic nitrogens is 4. The number of amides is 3. The van der Waals surface area contributed by atoms with Crippen LogP contribution < -0.4 is 5.32 Å². The zero-order chi connectivity index (χ0) is 17.8. The Morgan fingerprint density at radius 1 is 1.36 bits per heavy atom. The SMILES string of the molecule is CCc1nc(CN2C(=O)NC(Cc3cn(CCOC)nn3)C2=O)cs1. The van der Waals surface area contributed by atoms with Crippen LogP contribution in [0.4, 0.5) is 4.79 Å². The lowest BCUT2D eigenvalue weighted by Crippen LogP contribution is -2.32. The van der Waals surface area contributed by atoms with Crippen molar-refractivity contribution in [1.82, 2.24) is 30.2 Å². The molecule has 1 atom stereocenters. The minimum atomic E-state index is -0.621. The fraction of sp³-hybridized carbons (Fsp3) is 0.533. The zero-order valence-corrected chi connectivity index (χ0v) is 15.0. The van der Waals surface area contributed by atoms with E-state index in [1.165, 1.54) is 16.2 Å². The van der Waals surface area contributed by atoms with E-state index in [0.717, 1.165) is 17.1 Å². The quantitative estimate of drug-likeness (QED) is 0.689. The lowest BCUT2D eigenvalue weighted by molar-refractivity contribution is -0.127. The summed E-state index contributed by atoms with van der Waals surface area (Å²) in [5.41, 5.74) is 1.38. The number of urea groups is 1. The Hall–Kier alpha value is -2.33. The van der Waals surface area contributed by atoms with Crippen molar-refractivity contribution in [3.05, 3.63) is 28.0 Å². The predicted molar refractivity (Wildman–Crippen MR) is 90.0 cm³/mol. The third-order valence-electron chi connectivity index (χ3n) is 3.85. The molecule has 1 aliphatic rings. The van der Waals surface area contributed by atoms with Crippen LogP contribution in [0.2, 0.25) is 0 Å². The van der Waals surface area contributed by atoms with Gasteiger partial charge in [-0.05, 0) is 6.42 Å². The molecule has 1 N–H and O–H groups in total. The molecule has 9 nitrogen and oxygen atoms in total. The van der Waals surface area contributed by atoms with Crippen LogP contribution in [0.1, 0.15) is 23.3 Å². The Morgan fingerprint density at radius 2 is 2.20 bits per heavy atom. The Balaban J connectivity index is 1.61. The van der Waals surface area contributed by atoms with E-state index in [0.29, 0.717) is 25.3 Å². The molecule has 3 rings (SSSR count). The van der Waals surface area contributed by atoms with E-state index >= 15 is 0 Å². The second kappa shape index (κ2) is 7.70. The third-order valence-corrected chi connectivity index (χ3v) is 4.89. The molecule has 3 heterocycles. The summed E-state index contributed by atoms with van der Waals surface area (Å²) < 4.78 is 6.64. The van der Waals surface area contributed by atoms with Crippen LogP contribution in [-0.2, 0) is 35.5 Å². The van der Waals surface area contributed by atoms with Crippen LogP contribution in [0.25, 0.3) is 0 Å². The molecule has 0 saturated carbocycles. The average molecular weight is 364 g/mol. The van der Waals surface area contributed by atoms with E-state index in [4.69, 9.17) is 4.74 Å². The summed E-state index contributed by atoms with van der Waals surface area (Å²) in [7, 11) is 1.62. The number of aryl methyl sites for hydroxylation is 1. The molecule has 0 aliphatic carbocycles. The minimum absolute atomic E-state index is 0.193. The van der Waals surface area contributed by atoms with Gasteiger partial charge in [-0.15, -0.1) is 16.4 Å². The highest BCUT2D eigenvalue weighted by atomic mass is 32.1. The number of thiazole rings is 1. The normalized spacial score (nSPS) is 17.4. The van der Waals surface area contributed by atoms with Gasteiger partial charge in [-0.1, -0.05) is 12.1 Å². The molecule has 2 aromatic heterocycles. The van der Waals surface area contributed by atoms with Crippen LogP contribution in [-0.4, -0.2) is 56.6 Å². The lowest BCUT2D eigenvalue weighted by atomic mass is 10.1. The molecular formula is C15H20N6O3S. The molecule has 1 fully saturated rings. The van der Waals surface area contributed by atoms with E-state index in [2.05, 4.69) is 20.6 Å². The standard InChI is InChI=1S/C15H20N6O3S/c1-3-13-16-11(9-25-13)8-21-14(22)12(17-15(21)23)6-10-7-20(19-18-10)4-5-24-2/h7,9,12H,3-6,8H2,1-2H3,(H,17,23). The maximum absolute atomic E-state index is 12.5. The first kappa shape index (κ1) is 17.5. The average Bonchev–Trinajstić information content (AvgIpc) is 3.30. The number of imide groups is 1. The van der Waals surface area contributed by atoms with E-state index in [-0.39, 0.29) is 12.5 Å². The Morgan fingerprint density at radius 3 is 2.92 bits per heavy atom. The van der Waals surface area contributed by atoms with Gasteiger partial charge in [-0.2, -0.15) is 0 Å². The number of methoxy groups -OCH3 is 1. The second-order valence-corrected chi connectivity index (χ2v) is 6.63. The molecule has 0 radical (unpaired) electrons. The smallest absolute Gasteiger partial charge is 0.325 e. The molecule has 0 aromatic carbocycles. The van der Waals surface area contributed by atoms with Gasteiger partial charge in [0.25, 0.3) is 5.91 Å². The zero-order valence-electron chi connectivity index (χ0n) is 14.1. The van der Waals surface area contributed by atoms with Crippen molar-refractivity contribution in [3.63, 3.8) is 0 Å². The van der Waals surface area contributed by atoms with Crippen molar-refractivity contribution in [2.75, 3.05) is 13.7 Å². The molecule has 0 spiro atoms. The number of ether oxygens (including phenoxy) is 1. The van der Waals surface area contributed by atoms with Crippen LogP contribution in [0.5, 0.6) is 0 Å². The number of hydrogen-bond acceptors (Lipinski definition) is 7. The van der Waals surface area contributed by atoms with E-state index in [1.54, 1.807) is 18.0 Å². The summed E-state index contributed by atoms with van der Waals surface area (Å²) in [6.45, 7) is 3.33. The molecule has 0 bridgehead atoms. The fourth-order valence-corrected chi connectivity index (χ4v) is 3.28. The van der Waals surface area contributed by atoms with Crippen LogP contribution in [0.15, 0.2) is 11.6 Å². The van der Waals surface area contributed by atoms with E-state index < -0.39 is 12.1 Å². The highest BCUT2D eigenvalue weighted by molar-refractivity contribution is 7.09. The predicted octanol–water partition coefficient (Wildman–Crippen LogP) is 0.606. The van der Waals surface area contributed by atoms with Crippen molar-refractivity contribution < 1.29 is 14.3 Å². The Kier molecular flexibility index (Phi) is 5.39. The molecule has 10 heteroatoms. The summed E-state index contributed by atoms with van der Waals surface area (Å²) >= 11 is 1.54. The van der Waals surface area contributed by atoms with Gasteiger partial charge < -0.3 is 10.1 Å². The molecule has 134 valence electrons. The maximum Gasteiger partial charge on any atom is 0.325 e. The Labute approximate surface area is 149 Å². The molecule has 1 saturated heterocycles. The van der Waals surface area contributed by atoms with Crippen molar-refractivity contribution in [2.24, 2.45) is 0 Å². The Bertz CT molecular complexity index is 758. The topological polar surface area (TPSA) is 102 Å². The third kappa shape index (κ3) is 4.02. The summed E-state index contributed by atoms with van der Waals surface area (Å²) in [5, 5.41) is 13.6. The monoisotopic (exact) mass is 364 g/mol. The van der Waals surface area contributed by atoms with Gasteiger partial charge >= 0.3 is 6.03 Å². The highest BCUT2D eigenvalue weighted by Crippen LogP contribution is 2.17. The van der Waals surface area contributed by atoms with E-state index in [1.807, 2.05) is 12.3 Å². The van der Waals surface area contributed by atoms with Gasteiger partial charge in [0.1, 0.15) is 6.04 Å². The summed E-state index contributed by atoms with van der Waals surface area (Å²) in [6.07, 6.45) is 2.91. The van der Waals surface area contributed by atoms with E-state index in [9.17, 15) is 9.59 Å². The van der Waals surface area contributed by atoms with Gasteiger partial charge in [-0.25, -0.2) is 14.5 Å². The first-order chi connectivity index (χ1) is 12.1. The largest absolute Gasteiger partial charge is 0.383 e. The summed E-state index contributed by atoms with van der Waals surface area (Å²) in [4.78, 5) is 30.3. The summed E-state index contributed by atoms with van der Waals surface area (Å²) in [6, 6.07) is -1.02. The minimum Gasteiger partial charge on any atom is -0.383 e. The number of rotatable bonds is 8. The number of carbonyl (C=O) groups excluding carboxylic acids is 2. The number of nitrogens with one attached hydrogen (secondary N) is 1. The van der Waals surface area contributed by atoms with Gasteiger partial charge in [-0.3, -0.25) is 9.69 Å². The maximum atomic E-state index is 12.5. The molecule has 25 heavy (non-hydrogen) atoms. The van der Waals surface area contributed by atoms with Crippen LogP contribution in [0.3, 0.4) is 0 Å². The molecular weight excluding hydrogens is 344 g/mol. The molecule has 3 amide bonds. The van der Waals surface area contributed by atoms with Crippen molar-refractivity contribution >= 4 is 23.3 Å². The van der Waals surface area contributed by atoms with Crippen molar-refractivity contribution in [2.45, 2.75) is 38.9 Å². The molecule has 1 unspecified atom stereocenters. The van der Waals surface area contributed by atoms with Crippen molar-refractivity contribution in [1.29, 1.82) is 0 Å². The fourth-order valence-electron chi connectivity index (χ4n) is 2.55. The molecule has 1 aliphatic heterocycles.